The minimum Gasteiger partial charge on any atom is -0.303 e. The van der Waals surface area contributed by atoms with Crippen LogP contribution in [0.3, 0.4) is 0 Å². The summed E-state index contributed by atoms with van der Waals surface area (Å²) in [6.07, 6.45) is 8.52. The number of hydrogen-bond donors (Lipinski definition) is 0. The smallest absolute Gasteiger partial charge is 0.127 e. The average molecular weight is 291 g/mol. The van der Waals surface area contributed by atoms with Crippen LogP contribution in [0, 0.1) is 11.3 Å². The van der Waals surface area contributed by atoms with Crippen LogP contribution in [-0.2, 0) is 11.3 Å². The van der Waals surface area contributed by atoms with E-state index in [4.69, 9.17) is 0 Å². The summed E-state index contributed by atoms with van der Waals surface area (Å²) in [5.41, 5.74) is 1.35. The zero-order chi connectivity index (χ0) is 14.0. The fourth-order valence-electron chi connectivity index (χ4n) is 3.43. The molecule has 3 heteroatoms. The van der Waals surface area contributed by atoms with Crippen molar-refractivity contribution in [3.05, 3.63) is 22.4 Å². The van der Waals surface area contributed by atoms with Gasteiger partial charge in [0.05, 0.1) is 0 Å². The zero-order valence-electron chi connectivity index (χ0n) is 12.4. The number of carbonyl (C=O) groups excluding carboxylic acids is 1. The summed E-state index contributed by atoms with van der Waals surface area (Å²) in [5.74, 6) is 0.800. The van der Waals surface area contributed by atoms with Gasteiger partial charge >= 0.3 is 0 Å². The molecule has 0 unspecified atom stereocenters. The van der Waals surface area contributed by atoms with E-state index in [1.54, 1.807) is 11.3 Å². The van der Waals surface area contributed by atoms with Gasteiger partial charge in [-0.1, -0.05) is 6.92 Å². The summed E-state index contributed by atoms with van der Waals surface area (Å²) in [6, 6.07) is 2.95. The molecule has 0 radical (unpaired) electrons. The van der Waals surface area contributed by atoms with Crippen LogP contribution in [0.4, 0.5) is 0 Å². The largest absolute Gasteiger partial charge is 0.303 e. The van der Waals surface area contributed by atoms with Crippen LogP contribution < -0.4 is 0 Å². The third-order valence-corrected chi connectivity index (χ3v) is 5.80. The molecule has 20 heavy (non-hydrogen) atoms. The molecule has 0 atom stereocenters. The van der Waals surface area contributed by atoms with E-state index < -0.39 is 0 Å². The first-order valence-corrected chi connectivity index (χ1v) is 8.86. The highest BCUT2D eigenvalue weighted by atomic mass is 32.1. The normalized spacial score (nSPS) is 30.6. The summed E-state index contributed by atoms with van der Waals surface area (Å²) >= 11 is 1.77. The lowest BCUT2D eigenvalue weighted by Crippen LogP contribution is -2.42. The number of carbonyl (C=O) groups is 1. The van der Waals surface area contributed by atoms with Gasteiger partial charge in [0.2, 0.25) is 0 Å². The van der Waals surface area contributed by atoms with E-state index >= 15 is 0 Å². The molecular weight excluding hydrogens is 266 g/mol. The highest BCUT2D eigenvalue weighted by Crippen LogP contribution is 2.40. The average Bonchev–Trinajstić information content (AvgIpc) is 3.19. The molecule has 0 N–H and O–H groups in total. The standard InChI is InChI=1S/C17H25NOS/c1-14-4-7-17(13-19,8-5-14)12-18(16-2-3-16)10-15-6-9-20-11-15/h6,9,11,13-14,16H,2-5,7-8,10,12H2,1H3. The van der Waals surface area contributed by atoms with Crippen LogP contribution >= 0.6 is 11.3 Å². The van der Waals surface area contributed by atoms with Gasteiger partial charge in [-0.3, -0.25) is 4.90 Å². The Hall–Kier alpha value is -0.670. The van der Waals surface area contributed by atoms with Crippen LogP contribution in [0.2, 0.25) is 0 Å². The van der Waals surface area contributed by atoms with Crippen LogP contribution in [0.15, 0.2) is 16.8 Å². The fourth-order valence-corrected chi connectivity index (χ4v) is 4.09. The van der Waals surface area contributed by atoms with E-state index in [1.807, 2.05) is 0 Å². The van der Waals surface area contributed by atoms with Gasteiger partial charge < -0.3 is 4.79 Å². The first-order chi connectivity index (χ1) is 9.71. The van der Waals surface area contributed by atoms with Gasteiger partial charge in [0, 0.05) is 24.5 Å². The predicted octanol–water partition coefficient (Wildman–Crippen LogP) is 4.11. The molecule has 0 spiro atoms. The van der Waals surface area contributed by atoms with E-state index in [0.29, 0.717) is 0 Å². The van der Waals surface area contributed by atoms with Gasteiger partial charge in [0.25, 0.3) is 0 Å². The Morgan fingerprint density at radius 1 is 1.35 bits per heavy atom. The van der Waals surface area contributed by atoms with E-state index in [9.17, 15) is 4.79 Å². The molecule has 2 nitrogen and oxygen atoms in total. The number of nitrogens with zero attached hydrogens (tertiary/aromatic N) is 1. The monoisotopic (exact) mass is 291 g/mol. The van der Waals surface area contributed by atoms with Crippen LogP contribution in [-0.4, -0.2) is 23.8 Å². The lowest BCUT2D eigenvalue weighted by molar-refractivity contribution is -0.119. The Morgan fingerprint density at radius 2 is 2.10 bits per heavy atom. The molecule has 0 amide bonds. The Balaban J connectivity index is 1.67. The summed E-state index contributed by atoms with van der Waals surface area (Å²) in [7, 11) is 0. The maximum absolute atomic E-state index is 11.7. The molecule has 1 aromatic rings. The van der Waals surface area contributed by atoms with Crippen molar-refractivity contribution in [3.8, 4) is 0 Å². The second-order valence-corrected chi connectivity index (χ2v) is 7.71. The number of aldehydes is 1. The summed E-state index contributed by atoms with van der Waals surface area (Å²) in [4.78, 5) is 14.3. The molecule has 1 aromatic heterocycles. The predicted molar refractivity (Wildman–Crippen MR) is 83.9 cm³/mol. The molecule has 2 aliphatic carbocycles. The van der Waals surface area contributed by atoms with Crippen molar-refractivity contribution in [2.75, 3.05) is 6.54 Å². The third kappa shape index (κ3) is 3.32. The van der Waals surface area contributed by atoms with Gasteiger partial charge in [0.1, 0.15) is 6.29 Å². The van der Waals surface area contributed by atoms with Crippen LogP contribution in [0.25, 0.3) is 0 Å². The van der Waals surface area contributed by atoms with Crippen LogP contribution in [0.5, 0.6) is 0 Å². The minimum absolute atomic E-state index is 0.0644. The van der Waals surface area contributed by atoms with Crippen molar-refractivity contribution in [1.82, 2.24) is 4.90 Å². The highest BCUT2D eigenvalue weighted by molar-refractivity contribution is 7.07. The van der Waals surface area contributed by atoms with Crippen LogP contribution in [0.1, 0.15) is 51.0 Å². The van der Waals surface area contributed by atoms with Crippen molar-refractivity contribution in [3.63, 3.8) is 0 Å². The fraction of sp³-hybridized carbons (Fsp3) is 0.706. The molecular formula is C17H25NOS. The maximum Gasteiger partial charge on any atom is 0.127 e. The summed E-state index contributed by atoms with van der Waals surface area (Å²) in [5, 5.41) is 4.39. The molecule has 2 fully saturated rings. The topological polar surface area (TPSA) is 20.3 Å². The molecule has 0 aromatic carbocycles. The van der Waals surface area contributed by atoms with E-state index in [1.165, 1.54) is 37.5 Å². The molecule has 110 valence electrons. The third-order valence-electron chi connectivity index (χ3n) is 5.07. The highest BCUT2D eigenvalue weighted by Gasteiger charge is 2.39. The van der Waals surface area contributed by atoms with Gasteiger partial charge in [0.15, 0.2) is 0 Å². The first kappa shape index (κ1) is 14.3. The molecule has 3 rings (SSSR count). The number of rotatable bonds is 6. The summed E-state index contributed by atoms with van der Waals surface area (Å²) < 4.78 is 0. The second-order valence-electron chi connectivity index (χ2n) is 6.93. The molecule has 0 aliphatic heterocycles. The lowest BCUT2D eigenvalue weighted by Gasteiger charge is -2.39. The maximum atomic E-state index is 11.7. The zero-order valence-corrected chi connectivity index (χ0v) is 13.2. The molecule has 0 saturated heterocycles. The molecule has 1 heterocycles. The second kappa shape index (κ2) is 5.98. The van der Waals surface area contributed by atoms with Gasteiger partial charge in [-0.2, -0.15) is 11.3 Å². The Labute approximate surface area is 126 Å². The SMILES string of the molecule is CC1CCC(C=O)(CN(Cc2ccsc2)C2CC2)CC1. The van der Waals surface area contributed by atoms with Gasteiger partial charge in [-0.05, 0) is 66.8 Å². The molecule has 0 bridgehead atoms. The molecule has 2 saturated carbocycles. The minimum atomic E-state index is -0.0644. The van der Waals surface area contributed by atoms with Crippen molar-refractivity contribution >= 4 is 17.6 Å². The van der Waals surface area contributed by atoms with Gasteiger partial charge in [-0.25, -0.2) is 0 Å². The lowest BCUT2D eigenvalue weighted by atomic mass is 9.71. The Kier molecular flexibility index (Phi) is 4.27. The molecule has 2 aliphatic rings. The number of thiophene rings is 1. The van der Waals surface area contributed by atoms with Crippen molar-refractivity contribution in [2.45, 2.75) is 58.0 Å². The van der Waals surface area contributed by atoms with Crippen molar-refractivity contribution in [2.24, 2.45) is 11.3 Å². The first-order valence-electron chi connectivity index (χ1n) is 7.92. The Morgan fingerprint density at radius 3 is 2.65 bits per heavy atom. The quantitative estimate of drug-likeness (QED) is 0.735. The van der Waals surface area contributed by atoms with E-state index in [2.05, 4.69) is 28.7 Å². The van der Waals surface area contributed by atoms with E-state index in [-0.39, 0.29) is 5.41 Å². The summed E-state index contributed by atoms with van der Waals surface area (Å²) in [6.45, 7) is 4.32. The Bertz CT molecular complexity index is 430. The van der Waals surface area contributed by atoms with E-state index in [0.717, 1.165) is 37.9 Å². The van der Waals surface area contributed by atoms with Gasteiger partial charge in [-0.15, -0.1) is 0 Å². The van der Waals surface area contributed by atoms with Crippen molar-refractivity contribution in [1.29, 1.82) is 0 Å². The number of hydrogen-bond acceptors (Lipinski definition) is 3. The van der Waals surface area contributed by atoms with Crippen molar-refractivity contribution < 1.29 is 4.79 Å².